The van der Waals surface area contributed by atoms with Gasteiger partial charge in [-0.3, -0.25) is 4.79 Å². The molecular weight excluding hydrogens is 292 g/mol. The Morgan fingerprint density at radius 1 is 1.24 bits per heavy atom. The predicted molar refractivity (Wildman–Crippen MR) is 81.0 cm³/mol. The molecule has 118 valence electrons. The summed E-state index contributed by atoms with van der Waals surface area (Å²) in [5, 5.41) is 2.70. The number of ether oxygens (including phenoxy) is 1. The molecule has 1 rings (SSSR count). The first-order chi connectivity index (χ1) is 9.93. The Morgan fingerprint density at radius 3 is 2.48 bits per heavy atom. The van der Waals surface area contributed by atoms with Gasteiger partial charge in [-0.15, -0.1) is 0 Å². The summed E-state index contributed by atoms with van der Waals surface area (Å²) in [5.41, 5.74) is 5.28. The summed E-state index contributed by atoms with van der Waals surface area (Å²) in [6, 6.07) is 6.30. The molecule has 0 aromatic heterocycles. The number of sulfone groups is 1. The zero-order valence-electron chi connectivity index (χ0n) is 12.2. The maximum atomic E-state index is 11.3. The fraction of sp³-hybridized carbons (Fsp3) is 0.500. The molecule has 0 aliphatic rings. The van der Waals surface area contributed by atoms with Gasteiger partial charge in [0, 0.05) is 25.8 Å². The minimum absolute atomic E-state index is 0.00189. The summed E-state index contributed by atoms with van der Waals surface area (Å²) >= 11 is 0. The van der Waals surface area contributed by atoms with Gasteiger partial charge in [-0.1, -0.05) is 0 Å². The van der Waals surface area contributed by atoms with E-state index in [2.05, 4.69) is 5.32 Å². The van der Waals surface area contributed by atoms with Crippen molar-refractivity contribution in [1.82, 2.24) is 5.32 Å². The Labute approximate surface area is 125 Å². The van der Waals surface area contributed by atoms with Gasteiger partial charge in [0.25, 0.3) is 0 Å². The van der Waals surface area contributed by atoms with Crippen molar-refractivity contribution in [2.45, 2.75) is 24.2 Å². The third-order valence-electron chi connectivity index (χ3n) is 2.79. The molecule has 0 aliphatic carbocycles. The van der Waals surface area contributed by atoms with E-state index in [0.29, 0.717) is 31.9 Å². The third kappa shape index (κ3) is 7.10. The summed E-state index contributed by atoms with van der Waals surface area (Å²) in [5.74, 6) is 0.618. The lowest BCUT2D eigenvalue weighted by Crippen LogP contribution is -2.28. The van der Waals surface area contributed by atoms with Gasteiger partial charge in [-0.25, -0.2) is 8.42 Å². The van der Waals surface area contributed by atoms with E-state index >= 15 is 0 Å². The summed E-state index contributed by atoms with van der Waals surface area (Å²) in [4.78, 5) is 11.6. The first kappa shape index (κ1) is 17.5. The van der Waals surface area contributed by atoms with E-state index in [-0.39, 0.29) is 10.8 Å². The molecule has 0 saturated heterocycles. The first-order valence-corrected chi connectivity index (χ1v) is 8.72. The molecule has 0 unspecified atom stereocenters. The van der Waals surface area contributed by atoms with Gasteiger partial charge in [0.15, 0.2) is 9.84 Å². The summed E-state index contributed by atoms with van der Waals surface area (Å²) in [7, 11) is -3.17. The largest absolute Gasteiger partial charge is 0.494 e. The molecule has 0 fully saturated rings. The average Bonchev–Trinajstić information content (AvgIpc) is 2.44. The van der Waals surface area contributed by atoms with Crippen LogP contribution in [0.5, 0.6) is 5.75 Å². The van der Waals surface area contributed by atoms with Gasteiger partial charge >= 0.3 is 0 Å². The second-order valence-electron chi connectivity index (χ2n) is 4.69. The van der Waals surface area contributed by atoms with Crippen LogP contribution in [0.2, 0.25) is 0 Å². The van der Waals surface area contributed by atoms with Crippen LogP contribution in [0, 0.1) is 0 Å². The van der Waals surface area contributed by atoms with E-state index in [9.17, 15) is 13.2 Å². The highest BCUT2D eigenvalue weighted by Crippen LogP contribution is 2.16. The standard InChI is InChI=1S/C14H22N2O4S/c1-21(18,19)13-7-5-12(6-8-13)20-11-3-2-4-14(17)16-10-9-15/h5-8H,2-4,9-11,15H2,1H3,(H,16,17). The molecule has 0 radical (unpaired) electrons. The number of benzene rings is 1. The van der Waals surface area contributed by atoms with Crippen LogP contribution in [-0.2, 0) is 14.6 Å². The Balaban J connectivity index is 2.23. The SMILES string of the molecule is CS(=O)(=O)c1ccc(OCCCCC(=O)NCCN)cc1. The highest BCUT2D eigenvalue weighted by atomic mass is 32.2. The molecule has 0 aliphatic heterocycles. The monoisotopic (exact) mass is 314 g/mol. The number of carbonyl (C=O) groups is 1. The first-order valence-electron chi connectivity index (χ1n) is 6.83. The van der Waals surface area contributed by atoms with Crippen molar-refractivity contribution >= 4 is 15.7 Å². The minimum Gasteiger partial charge on any atom is -0.494 e. The smallest absolute Gasteiger partial charge is 0.220 e. The topological polar surface area (TPSA) is 98.5 Å². The Bertz CT molecular complexity index is 541. The fourth-order valence-electron chi connectivity index (χ4n) is 1.66. The lowest BCUT2D eigenvalue weighted by molar-refractivity contribution is -0.121. The van der Waals surface area contributed by atoms with E-state index in [0.717, 1.165) is 12.8 Å². The number of carbonyl (C=O) groups excluding carboxylic acids is 1. The predicted octanol–water partition coefficient (Wildman–Crippen LogP) is 0.714. The van der Waals surface area contributed by atoms with Gasteiger partial charge in [0.1, 0.15) is 5.75 Å². The molecule has 0 spiro atoms. The van der Waals surface area contributed by atoms with Crippen molar-refractivity contribution in [3.63, 3.8) is 0 Å². The molecule has 6 nitrogen and oxygen atoms in total. The zero-order chi connectivity index (χ0) is 15.7. The van der Waals surface area contributed by atoms with Crippen molar-refractivity contribution in [2.75, 3.05) is 26.0 Å². The van der Waals surface area contributed by atoms with E-state index < -0.39 is 9.84 Å². The number of amides is 1. The summed E-state index contributed by atoms with van der Waals surface area (Å²) in [6.45, 7) is 1.43. The number of hydrogen-bond acceptors (Lipinski definition) is 5. The molecule has 0 bridgehead atoms. The molecule has 1 aromatic carbocycles. The van der Waals surface area contributed by atoms with Crippen molar-refractivity contribution < 1.29 is 17.9 Å². The molecule has 21 heavy (non-hydrogen) atoms. The van der Waals surface area contributed by atoms with Crippen molar-refractivity contribution in [3.05, 3.63) is 24.3 Å². The lowest BCUT2D eigenvalue weighted by Gasteiger charge is -2.07. The van der Waals surface area contributed by atoms with E-state index in [1.807, 2.05) is 0 Å². The lowest BCUT2D eigenvalue weighted by atomic mass is 10.2. The van der Waals surface area contributed by atoms with Crippen LogP contribution in [0.1, 0.15) is 19.3 Å². The van der Waals surface area contributed by atoms with E-state index in [1.165, 1.54) is 18.4 Å². The van der Waals surface area contributed by atoms with Gasteiger partial charge in [-0.05, 0) is 37.1 Å². The maximum absolute atomic E-state index is 11.3. The van der Waals surface area contributed by atoms with E-state index in [1.54, 1.807) is 12.1 Å². The van der Waals surface area contributed by atoms with Crippen LogP contribution in [0.15, 0.2) is 29.2 Å². The van der Waals surface area contributed by atoms with Crippen LogP contribution in [0.25, 0.3) is 0 Å². The van der Waals surface area contributed by atoms with Gasteiger partial charge in [0.2, 0.25) is 5.91 Å². The highest BCUT2D eigenvalue weighted by Gasteiger charge is 2.06. The van der Waals surface area contributed by atoms with Crippen molar-refractivity contribution in [2.24, 2.45) is 5.73 Å². The number of nitrogens with two attached hydrogens (primary N) is 1. The van der Waals surface area contributed by atoms with Gasteiger partial charge < -0.3 is 15.8 Å². The van der Waals surface area contributed by atoms with Crippen LogP contribution in [-0.4, -0.2) is 40.3 Å². The number of hydrogen-bond donors (Lipinski definition) is 2. The van der Waals surface area contributed by atoms with Crippen molar-refractivity contribution in [3.8, 4) is 5.75 Å². The van der Waals surface area contributed by atoms with Crippen LogP contribution in [0.4, 0.5) is 0 Å². The molecule has 1 amide bonds. The van der Waals surface area contributed by atoms with Crippen LogP contribution >= 0.6 is 0 Å². The van der Waals surface area contributed by atoms with E-state index in [4.69, 9.17) is 10.5 Å². The molecular formula is C14H22N2O4S. The van der Waals surface area contributed by atoms with Gasteiger partial charge in [-0.2, -0.15) is 0 Å². The number of rotatable bonds is 9. The van der Waals surface area contributed by atoms with Crippen LogP contribution < -0.4 is 15.8 Å². The second kappa shape index (κ2) is 8.63. The molecule has 1 aromatic rings. The maximum Gasteiger partial charge on any atom is 0.220 e. The molecule has 0 atom stereocenters. The summed E-state index contributed by atoms with van der Waals surface area (Å²) in [6.07, 6.45) is 3.11. The average molecular weight is 314 g/mol. The molecule has 0 heterocycles. The highest BCUT2D eigenvalue weighted by molar-refractivity contribution is 7.90. The Morgan fingerprint density at radius 2 is 1.90 bits per heavy atom. The zero-order valence-corrected chi connectivity index (χ0v) is 13.0. The third-order valence-corrected chi connectivity index (χ3v) is 3.91. The van der Waals surface area contributed by atoms with Gasteiger partial charge in [0.05, 0.1) is 11.5 Å². The Hall–Kier alpha value is -1.60. The number of nitrogens with one attached hydrogen (secondary N) is 1. The fourth-order valence-corrected chi connectivity index (χ4v) is 2.29. The second-order valence-corrected chi connectivity index (χ2v) is 6.70. The minimum atomic E-state index is -3.17. The normalized spacial score (nSPS) is 11.1. The molecule has 3 N–H and O–H groups in total. The Kier molecular flexibility index (Phi) is 7.18. The van der Waals surface area contributed by atoms with Crippen LogP contribution in [0.3, 0.4) is 0 Å². The van der Waals surface area contributed by atoms with Crippen molar-refractivity contribution in [1.29, 1.82) is 0 Å². The quantitative estimate of drug-likeness (QED) is 0.654. The number of unbranched alkanes of at least 4 members (excludes halogenated alkanes) is 1. The molecule has 0 saturated carbocycles. The molecule has 7 heteroatoms. The summed E-state index contributed by atoms with van der Waals surface area (Å²) < 4.78 is 28.1.